The Hall–Kier alpha value is -1.09. The predicted octanol–water partition coefficient (Wildman–Crippen LogP) is 3.81. The van der Waals surface area contributed by atoms with Crippen molar-refractivity contribution in [2.24, 2.45) is 5.92 Å². The summed E-state index contributed by atoms with van der Waals surface area (Å²) in [5, 5.41) is 0.395. The molecule has 4 heteroatoms. The number of halogens is 1. The number of hydrogen-bond acceptors (Lipinski definition) is 2. The van der Waals surface area contributed by atoms with Gasteiger partial charge in [0.2, 0.25) is 0 Å². The maximum Gasteiger partial charge on any atom is 0.253 e. The van der Waals surface area contributed by atoms with Gasteiger partial charge >= 0.3 is 0 Å². The molecule has 3 nitrogen and oxygen atoms in total. The molecular weight excluding hydrogens is 260 g/mol. The van der Waals surface area contributed by atoms with Crippen LogP contribution in [0.5, 0.6) is 0 Å². The zero-order valence-electron chi connectivity index (χ0n) is 12.2. The van der Waals surface area contributed by atoms with Gasteiger partial charge < -0.3 is 4.90 Å². The molecule has 0 aliphatic heterocycles. The second-order valence-corrected chi connectivity index (χ2v) is 5.72. The summed E-state index contributed by atoms with van der Waals surface area (Å²) in [6.07, 6.45) is 2.84. The fourth-order valence-corrected chi connectivity index (χ4v) is 2.06. The fourth-order valence-electron chi connectivity index (χ4n) is 1.83. The van der Waals surface area contributed by atoms with E-state index >= 15 is 0 Å². The molecule has 19 heavy (non-hydrogen) atoms. The normalized spacial score (nSPS) is 10.8. The van der Waals surface area contributed by atoms with Gasteiger partial charge in [-0.15, -0.1) is 0 Å². The number of amides is 1. The standard InChI is InChI=1S/C15H23ClN2O/c1-5-6-13-9-12(10-14(16)17-13)15(19)18(4)8-7-11(2)3/h9-11H,5-8H2,1-4H3. The zero-order chi connectivity index (χ0) is 14.4. The number of pyridine rings is 1. The molecule has 1 aromatic rings. The second kappa shape index (κ2) is 7.49. The fraction of sp³-hybridized carbons (Fsp3) is 0.600. The second-order valence-electron chi connectivity index (χ2n) is 5.33. The zero-order valence-corrected chi connectivity index (χ0v) is 13.0. The largest absolute Gasteiger partial charge is 0.342 e. The van der Waals surface area contributed by atoms with Crippen molar-refractivity contribution in [1.82, 2.24) is 9.88 Å². The maximum absolute atomic E-state index is 12.3. The lowest BCUT2D eigenvalue weighted by Gasteiger charge is -2.18. The molecule has 0 radical (unpaired) electrons. The van der Waals surface area contributed by atoms with Crippen LogP contribution in [-0.4, -0.2) is 29.4 Å². The number of hydrogen-bond donors (Lipinski definition) is 0. The van der Waals surface area contributed by atoms with Crippen LogP contribution < -0.4 is 0 Å². The molecule has 0 aliphatic carbocycles. The molecule has 0 atom stereocenters. The summed E-state index contributed by atoms with van der Waals surface area (Å²) in [5.74, 6) is 0.606. The highest BCUT2D eigenvalue weighted by Gasteiger charge is 2.14. The van der Waals surface area contributed by atoms with Crippen LogP contribution in [0.15, 0.2) is 12.1 Å². The third kappa shape index (κ3) is 5.19. The Labute approximate surface area is 121 Å². The highest BCUT2D eigenvalue weighted by molar-refractivity contribution is 6.29. The van der Waals surface area contributed by atoms with E-state index in [1.54, 1.807) is 11.0 Å². The minimum absolute atomic E-state index is 0.0160. The van der Waals surface area contributed by atoms with Crippen molar-refractivity contribution < 1.29 is 4.79 Å². The molecule has 106 valence electrons. The van der Waals surface area contributed by atoms with E-state index in [0.717, 1.165) is 31.5 Å². The van der Waals surface area contributed by atoms with Crippen LogP contribution in [0.4, 0.5) is 0 Å². The molecule has 0 spiro atoms. The Morgan fingerprint density at radius 2 is 2.11 bits per heavy atom. The van der Waals surface area contributed by atoms with Crippen LogP contribution in [-0.2, 0) is 6.42 Å². The average Bonchev–Trinajstić information content (AvgIpc) is 2.34. The van der Waals surface area contributed by atoms with E-state index in [1.807, 2.05) is 13.1 Å². The summed E-state index contributed by atoms with van der Waals surface area (Å²) in [6, 6.07) is 3.50. The van der Waals surface area contributed by atoms with Crippen LogP contribution in [0, 0.1) is 5.92 Å². The lowest BCUT2D eigenvalue weighted by Crippen LogP contribution is -2.28. The molecule has 0 saturated heterocycles. The van der Waals surface area contributed by atoms with Crippen LogP contribution in [0.25, 0.3) is 0 Å². The lowest BCUT2D eigenvalue weighted by atomic mass is 10.1. The quantitative estimate of drug-likeness (QED) is 0.744. The van der Waals surface area contributed by atoms with Gasteiger partial charge in [0.05, 0.1) is 0 Å². The monoisotopic (exact) mass is 282 g/mol. The first-order chi connectivity index (χ1) is 8.93. The number of carbonyl (C=O) groups excluding carboxylic acids is 1. The van der Waals surface area contributed by atoms with Gasteiger partial charge in [-0.1, -0.05) is 38.8 Å². The third-order valence-corrected chi connectivity index (χ3v) is 3.18. The molecule has 1 amide bonds. The van der Waals surface area contributed by atoms with E-state index in [-0.39, 0.29) is 5.91 Å². The van der Waals surface area contributed by atoms with Crippen molar-refractivity contribution in [3.05, 3.63) is 28.5 Å². The van der Waals surface area contributed by atoms with E-state index in [9.17, 15) is 4.79 Å². The van der Waals surface area contributed by atoms with E-state index in [2.05, 4.69) is 25.8 Å². The number of nitrogens with zero attached hydrogens (tertiary/aromatic N) is 2. The number of carbonyl (C=O) groups is 1. The minimum atomic E-state index is 0.0160. The highest BCUT2D eigenvalue weighted by atomic mass is 35.5. The summed E-state index contributed by atoms with van der Waals surface area (Å²) in [7, 11) is 1.83. The van der Waals surface area contributed by atoms with Crippen molar-refractivity contribution in [2.75, 3.05) is 13.6 Å². The Balaban J connectivity index is 2.80. The van der Waals surface area contributed by atoms with Crippen molar-refractivity contribution in [3.63, 3.8) is 0 Å². The molecular formula is C15H23ClN2O. The molecule has 1 heterocycles. The van der Waals surface area contributed by atoms with Gasteiger partial charge in [-0.05, 0) is 30.9 Å². The Bertz CT molecular complexity index is 432. The first-order valence-electron chi connectivity index (χ1n) is 6.86. The smallest absolute Gasteiger partial charge is 0.253 e. The van der Waals surface area contributed by atoms with Crippen LogP contribution in [0.2, 0.25) is 5.15 Å². The minimum Gasteiger partial charge on any atom is -0.342 e. The first-order valence-corrected chi connectivity index (χ1v) is 7.23. The molecule has 0 saturated carbocycles. The summed E-state index contributed by atoms with van der Waals surface area (Å²) in [5.41, 5.74) is 1.52. The number of aryl methyl sites for hydroxylation is 1. The maximum atomic E-state index is 12.3. The molecule has 0 aliphatic rings. The van der Waals surface area contributed by atoms with Gasteiger partial charge in [0, 0.05) is 24.8 Å². The molecule has 1 aromatic heterocycles. The SMILES string of the molecule is CCCc1cc(C(=O)N(C)CCC(C)C)cc(Cl)n1. The highest BCUT2D eigenvalue weighted by Crippen LogP contribution is 2.14. The van der Waals surface area contributed by atoms with Gasteiger partial charge in [0.15, 0.2) is 0 Å². The molecule has 1 rings (SSSR count). The summed E-state index contributed by atoms with van der Waals surface area (Å²) >= 11 is 5.98. The van der Waals surface area contributed by atoms with Crippen LogP contribution in [0.3, 0.4) is 0 Å². The van der Waals surface area contributed by atoms with Crippen molar-refractivity contribution in [3.8, 4) is 0 Å². The number of aromatic nitrogens is 1. The molecule has 0 bridgehead atoms. The Morgan fingerprint density at radius 1 is 1.42 bits per heavy atom. The van der Waals surface area contributed by atoms with E-state index < -0.39 is 0 Å². The Morgan fingerprint density at radius 3 is 2.68 bits per heavy atom. The van der Waals surface area contributed by atoms with E-state index in [0.29, 0.717) is 16.6 Å². The van der Waals surface area contributed by atoms with Gasteiger partial charge in [0.1, 0.15) is 5.15 Å². The Kier molecular flexibility index (Phi) is 6.29. The molecule has 0 unspecified atom stereocenters. The summed E-state index contributed by atoms with van der Waals surface area (Å²) in [6.45, 7) is 7.15. The van der Waals surface area contributed by atoms with E-state index in [1.165, 1.54) is 0 Å². The van der Waals surface area contributed by atoms with Gasteiger partial charge in [-0.3, -0.25) is 4.79 Å². The molecule has 0 fully saturated rings. The van der Waals surface area contributed by atoms with Gasteiger partial charge in [0.25, 0.3) is 5.91 Å². The lowest BCUT2D eigenvalue weighted by molar-refractivity contribution is 0.0789. The average molecular weight is 283 g/mol. The molecule has 0 aromatic carbocycles. The summed E-state index contributed by atoms with van der Waals surface area (Å²) in [4.78, 5) is 18.3. The first kappa shape index (κ1) is 16.0. The predicted molar refractivity (Wildman–Crippen MR) is 79.7 cm³/mol. The van der Waals surface area contributed by atoms with Gasteiger partial charge in [-0.25, -0.2) is 4.98 Å². The summed E-state index contributed by atoms with van der Waals surface area (Å²) < 4.78 is 0. The topological polar surface area (TPSA) is 33.2 Å². The van der Waals surface area contributed by atoms with Crippen molar-refractivity contribution in [2.45, 2.75) is 40.0 Å². The number of rotatable bonds is 6. The van der Waals surface area contributed by atoms with Crippen LogP contribution >= 0.6 is 11.6 Å². The molecule has 0 N–H and O–H groups in total. The van der Waals surface area contributed by atoms with Gasteiger partial charge in [-0.2, -0.15) is 0 Å². The van der Waals surface area contributed by atoms with E-state index in [4.69, 9.17) is 11.6 Å². The van der Waals surface area contributed by atoms with Crippen molar-refractivity contribution in [1.29, 1.82) is 0 Å². The van der Waals surface area contributed by atoms with Crippen molar-refractivity contribution >= 4 is 17.5 Å². The van der Waals surface area contributed by atoms with Crippen LogP contribution in [0.1, 0.15) is 49.7 Å². The third-order valence-electron chi connectivity index (χ3n) is 2.99.